The van der Waals surface area contributed by atoms with Crippen LogP contribution in [-0.4, -0.2) is 14.8 Å². The van der Waals surface area contributed by atoms with Gasteiger partial charge in [0, 0.05) is 6.42 Å². The number of hydrogen-bond donors (Lipinski definition) is 0. The predicted octanol–water partition coefficient (Wildman–Crippen LogP) is 3.24. The molecule has 0 amide bonds. The second kappa shape index (κ2) is 4.56. The standard InChI is InChI=1S/C15H21N3/c1-11-7-6-8-13(9-11)10-14-16-12(2)17-18(14)15(3,4)5/h6-9H,10H2,1-5H3. The van der Waals surface area contributed by atoms with Crippen LogP contribution in [-0.2, 0) is 12.0 Å². The minimum absolute atomic E-state index is 0.0274. The third-order valence-corrected chi connectivity index (χ3v) is 2.86. The zero-order valence-corrected chi connectivity index (χ0v) is 11.9. The summed E-state index contributed by atoms with van der Waals surface area (Å²) in [5.41, 5.74) is 2.54. The Bertz CT molecular complexity index is 547. The first-order valence-electron chi connectivity index (χ1n) is 6.35. The van der Waals surface area contributed by atoms with E-state index in [1.807, 2.05) is 11.6 Å². The number of rotatable bonds is 2. The molecule has 0 aliphatic heterocycles. The van der Waals surface area contributed by atoms with Gasteiger partial charge < -0.3 is 0 Å². The molecular formula is C15H21N3. The molecule has 0 spiro atoms. The van der Waals surface area contributed by atoms with Gasteiger partial charge in [-0.05, 0) is 40.2 Å². The fraction of sp³-hybridized carbons (Fsp3) is 0.467. The van der Waals surface area contributed by atoms with E-state index in [-0.39, 0.29) is 5.54 Å². The molecule has 0 radical (unpaired) electrons. The third kappa shape index (κ3) is 2.78. The lowest BCUT2D eigenvalue weighted by atomic mass is 10.1. The molecule has 0 N–H and O–H groups in total. The van der Waals surface area contributed by atoms with E-state index in [0.29, 0.717) is 0 Å². The van der Waals surface area contributed by atoms with E-state index >= 15 is 0 Å². The van der Waals surface area contributed by atoms with Gasteiger partial charge in [0.25, 0.3) is 0 Å². The highest BCUT2D eigenvalue weighted by Crippen LogP contribution is 2.18. The minimum atomic E-state index is -0.0274. The van der Waals surface area contributed by atoms with Crippen molar-refractivity contribution < 1.29 is 0 Å². The fourth-order valence-corrected chi connectivity index (χ4v) is 2.12. The van der Waals surface area contributed by atoms with Crippen LogP contribution < -0.4 is 0 Å². The van der Waals surface area contributed by atoms with Crippen LogP contribution in [0.3, 0.4) is 0 Å². The van der Waals surface area contributed by atoms with Crippen LogP contribution in [0.25, 0.3) is 0 Å². The zero-order valence-electron chi connectivity index (χ0n) is 11.9. The molecular weight excluding hydrogens is 222 g/mol. The molecule has 1 aromatic heterocycles. The van der Waals surface area contributed by atoms with Crippen molar-refractivity contribution in [3.63, 3.8) is 0 Å². The maximum Gasteiger partial charge on any atom is 0.147 e. The van der Waals surface area contributed by atoms with Crippen LogP contribution in [0.1, 0.15) is 43.5 Å². The lowest BCUT2D eigenvalue weighted by Gasteiger charge is -2.21. The smallest absolute Gasteiger partial charge is 0.147 e. The van der Waals surface area contributed by atoms with Gasteiger partial charge in [-0.3, -0.25) is 0 Å². The van der Waals surface area contributed by atoms with E-state index in [0.717, 1.165) is 18.1 Å². The van der Waals surface area contributed by atoms with Crippen molar-refractivity contribution in [2.24, 2.45) is 0 Å². The molecule has 96 valence electrons. The highest BCUT2D eigenvalue weighted by molar-refractivity contribution is 5.25. The molecule has 1 aromatic carbocycles. The van der Waals surface area contributed by atoms with Crippen LogP contribution in [0.4, 0.5) is 0 Å². The van der Waals surface area contributed by atoms with E-state index in [1.165, 1.54) is 11.1 Å². The molecule has 0 fully saturated rings. The van der Waals surface area contributed by atoms with Gasteiger partial charge in [0.1, 0.15) is 11.6 Å². The van der Waals surface area contributed by atoms with Crippen LogP contribution >= 0.6 is 0 Å². The van der Waals surface area contributed by atoms with E-state index in [9.17, 15) is 0 Å². The van der Waals surface area contributed by atoms with E-state index in [2.05, 4.69) is 62.0 Å². The molecule has 0 bridgehead atoms. The summed E-state index contributed by atoms with van der Waals surface area (Å²) in [4.78, 5) is 4.55. The molecule has 0 atom stereocenters. The first-order chi connectivity index (χ1) is 8.36. The monoisotopic (exact) mass is 243 g/mol. The molecule has 3 nitrogen and oxygen atoms in total. The summed E-state index contributed by atoms with van der Waals surface area (Å²) < 4.78 is 2.03. The summed E-state index contributed by atoms with van der Waals surface area (Å²) >= 11 is 0. The average molecular weight is 243 g/mol. The van der Waals surface area contributed by atoms with Gasteiger partial charge in [-0.1, -0.05) is 29.8 Å². The first kappa shape index (κ1) is 12.8. The Labute approximate surface area is 109 Å². The summed E-state index contributed by atoms with van der Waals surface area (Å²) in [6, 6.07) is 8.56. The molecule has 0 aliphatic rings. The highest BCUT2D eigenvalue weighted by atomic mass is 15.4. The summed E-state index contributed by atoms with van der Waals surface area (Å²) in [6.45, 7) is 10.5. The minimum Gasteiger partial charge on any atom is -0.244 e. The van der Waals surface area contributed by atoms with Gasteiger partial charge in [-0.15, -0.1) is 0 Å². The van der Waals surface area contributed by atoms with Gasteiger partial charge in [0.15, 0.2) is 0 Å². The van der Waals surface area contributed by atoms with Crippen molar-refractivity contribution in [2.75, 3.05) is 0 Å². The molecule has 0 unspecified atom stereocenters. The lowest BCUT2D eigenvalue weighted by Crippen LogP contribution is -2.25. The topological polar surface area (TPSA) is 30.7 Å². The highest BCUT2D eigenvalue weighted by Gasteiger charge is 2.19. The van der Waals surface area contributed by atoms with Crippen LogP contribution in [0.15, 0.2) is 24.3 Å². The number of nitrogens with zero attached hydrogens (tertiary/aromatic N) is 3. The van der Waals surface area contributed by atoms with Gasteiger partial charge in [0.05, 0.1) is 5.54 Å². The Hall–Kier alpha value is -1.64. The van der Waals surface area contributed by atoms with Gasteiger partial charge >= 0.3 is 0 Å². The molecule has 18 heavy (non-hydrogen) atoms. The predicted molar refractivity (Wildman–Crippen MR) is 73.7 cm³/mol. The van der Waals surface area contributed by atoms with Crippen molar-refractivity contribution in [1.82, 2.24) is 14.8 Å². The third-order valence-electron chi connectivity index (χ3n) is 2.86. The zero-order chi connectivity index (χ0) is 13.3. The molecule has 1 heterocycles. The average Bonchev–Trinajstić information content (AvgIpc) is 2.59. The van der Waals surface area contributed by atoms with Crippen molar-refractivity contribution in [1.29, 1.82) is 0 Å². The van der Waals surface area contributed by atoms with Crippen molar-refractivity contribution in [2.45, 2.75) is 46.6 Å². The molecule has 2 rings (SSSR count). The SMILES string of the molecule is Cc1cccc(Cc2nc(C)nn2C(C)(C)C)c1. The van der Waals surface area contributed by atoms with Crippen molar-refractivity contribution >= 4 is 0 Å². The summed E-state index contributed by atoms with van der Waals surface area (Å²) in [7, 11) is 0. The van der Waals surface area contributed by atoms with Gasteiger partial charge in [-0.25, -0.2) is 9.67 Å². The van der Waals surface area contributed by atoms with Gasteiger partial charge in [-0.2, -0.15) is 5.10 Å². The Morgan fingerprint density at radius 1 is 1.17 bits per heavy atom. The maximum atomic E-state index is 4.55. The molecule has 0 aliphatic carbocycles. The van der Waals surface area contributed by atoms with Crippen LogP contribution in [0, 0.1) is 13.8 Å². The number of aromatic nitrogens is 3. The van der Waals surface area contributed by atoms with E-state index in [4.69, 9.17) is 0 Å². The molecule has 3 heteroatoms. The largest absolute Gasteiger partial charge is 0.244 e. The molecule has 0 saturated heterocycles. The normalized spacial score (nSPS) is 11.8. The van der Waals surface area contributed by atoms with E-state index < -0.39 is 0 Å². The maximum absolute atomic E-state index is 4.55. The Kier molecular flexibility index (Phi) is 3.24. The first-order valence-corrected chi connectivity index (χ1v) is 6.35. The second-order valence-corrected chi connectivity index (χ2v) is 5.82. The summed E-state index contributed by atoms with van der Waals surface area (Å²) in [5, 5.41) is 4.51. The summed E-state index contributed by atoms with van der Waals surface area (Å²) in [5.74, 6) is 1.87. The van der Waals surface area contributed by atoms with Crippen LogP contribution in [0.2, 0.25) is 0 Å². The van der Waals surface area contributed by atoms with E-state index in [1.54, 1.807) is 0 Å². The molecule has 0 saturated carbocycles. The summed E-state index contributed by atoms with van der Waals surface area (Å²) in [6.07, 6.45) is 0.833. The lowest BCUT2D eigenvalue weighted by molar-refractivity contribution is 0.342. The number of benzene rings is 1. The van der Waals surface area contributed by atoms with Gasteiger partial charge in [0.2, 0.25) is 0 Å². The quantitative estimate of drug-likeness (QED) is 0.810. The number of aryl methyl sites for hydroxylation is 2. The molecule has 2 aromatic rings. The fourth-order valence-electron chi connectivity index (χ4n) is 2.12. The van der Waals surface area contributed by atoms with Crippen molar-refractivity contribution in [3.8, 4) is 0 Å². The van der Waals surface area contributed by atoms with Crippen LogP contribution in [0.5, 0.6) is 0 Å². The number of hydrogen-bond acceptors (Lipinski definition) is 2. The second-order valence-electron chi connectivity index (χ2n) is 5.82. The van der Waals surface area contributed by atoms with Crippen molar-refractivity contribution in [3.05, 3.63) is 47.0 Å². The Balaban J connectivity index is 2.35. The Morgan fingerprint density at radius 3 is 2.50 bits per heavy atom. The Morgan fingerprint density at radius 2 is 1.89 bits per heavy atom.